The molecule has 0 heterocycles. The Labute approximate surface area is 76.1 Å². The molecule has 4 heteroatoms. The third-order valence-corrected chi connectivity index (χ3v) is 1.72. The van der Waals surface area contributed by atoms with Crippen molar-refractivity contribution in [1.29, 1.82) is 0 Å². The zero-order chi connectivity index (χ0) is 9.84. The number of hydrogen-bond donors (Lipinski definition) is 2. The Morgan fingerprint density at radius 2 is 2.23 bits per heavy atom. The summed E-state index contributed by atoms with van der Waals surface area (Å²) in [5, 5.41) is 11.7. The molecule has 0 aliphatic heterocycles. The molecule has 70 valence electrons. The maximum atomic E-state index is 10.7. The molecule has 1 aromatic rings. The lowest BCUT2D eigenvalue weighted by molar-refractivity contribution is 0.0693. The van der Waals surface area contributed by atoms with Crippen LogP contribution in [-0.4, -0.2) is 25.2 Å². The van der Waals surface area contributed by atoms with E-state index < -0.39 is 5.97 Å². The fourth-order valence-electron chi connectivity index (χ4n) is 1.03. The minimum atomic E-state index is -0.992. The molecule has 0 spiro atoms. The normalized spacial score (nSPS) is 9.38. The lowest BCUT2D eigenvalue weighted by Crippen LogP contribution is -2.01. The summed E-state index contributed by atoms with van der Waals surface area (Å²) in [6.45, 7) is 0. The van der Waals surface area contributed by atoms with Gasteiger partial charge in [0.2, 0.25) is 0 Å². The van der Waals surface area contributed by atoms with Crippen molar-refractivity contribution in [1.82, 2.24) is 0 Å². The average molecular weight is 181 g/mol. The Kier molecular flexibility index (Phi) is 2.74. The minimum Gasteiger partial charge on any atom is -0.496 e. The third kappa shape index (κ3) is 1.90. The number of benzene rings is 1. The predicted octanol–water partition coefficient (Wildman–Crippen LogP) is 1.44. The van der Waals surface area contributed by atoms with Gasteiger partial charge in [0, 0.05) is 12.7 Å². The van der Waals surface area contributed by atoms with Crippen molar-refractivity contribution in [3.05, 3.63) is 23.8 Å². The molecule has 4 nitrogen and oxygen atoms in total. The van der Waals surface area contributed by atoms with Crippen LogP contribution in [0, 0.1) is 0 Å². The van der Waals surface area contributed by atoms with Gasteiger partial charge in [0.15, 0.2) is 0 Å². The molecule has 0 fully saturated rings. The summed E-state index contributed by atoms with van der Waals surface area (Å²) < 4.78 is 4.90. The van der Waals surface area contributed by atoms with Gasteiger partial charge in [0.05, 0.1) is 7.11 Å². The first kappa shape index (κ1) is 9.38. The highest BCUT2D eigenvalue weighted by atomic mass is 16.5. The Morgan fingerprint density at radius 3 is 2.69 bits per heavy atom. The lowest BCUT2D eigenvalue weighted by atomic mass is 10.2. The van der Waals surface area contributed by atoms with Crippen LogP contribution in [0.4, 0.5) is 5.69 Å². The van der Waals surface area contributed by atoms with Crippen molar-refractivity contribution in [2.45, 2.75) is 0 Å². The first-order chi connectivity index (χ1) is 6.19. The van der Waals surface area contributed by atoms with Gasteiger partial charge in [-0.2, -0.15) is 0 Å². The van der Waals surface area contributed by atoms with Gasteiger partial charge >= 0.3 is 5.97 Å². The molecule has 0 radical (unpaired) electrons. The molecule has 0 unspecified atom stereocenters. The highest BCUT2D eigenvalue weighted by molar-refractivity contribution is 5.92. The van der Waals surface area contributed by atoms with Crippen LogP contribution in [0.25, 0.3) is 0 Å². The molecule has 13 heavy (non-hydrogen) atoms. The molecule has 0 aliphatic carbocycles. The molecule has 0 amide bonds. The van der Waals surface area contributed by atoms with Gasteiger partial charge in [-0.3, -0.25) is 0 Å². The minimum absolute atomic E-state index is 0.161. The second-order valence-electron chi connectivity index (χ2n) is 2.47. The highest BCUT2D eigenvalue weighted by Crippen LogP contribution is 2.21. The van der Waals surface area contributed by atoms with Crippen molar-refractivity contribution in [2.24, 2.45) is 0 Å². The summed E-state index contributed by atoms with van der Waals surface area (Å²) in [5.74, 6) is -0.625. The van der Waals surface area contributed by atoms with Gasteiger partial charge in [0.1, 0.15) is 11.3 Å². The fourth-order valence-corrected chi connectivity index (χ4v) is 1.03. The molecule has 0 atom stereocenters. The maximum Gasteiger partial charge on any atom is 0.339 e. The second kappa shape index (κ2) is 3.80. The summed E-state index contributed by atoms with van der Waals surface area (Å²) in [6, 6.07) is 4.90. The van der Waals surface area contributed by atoms with E-state index in [1.807, 2.05) is 0 Å². The summed E-state index contributed by atoms with van der Waals surface area (Å²) in [4.78, 5) is 10.7. The summed E-state index contributed by atoms with van der Waals surface area (Å²) in [7, 11) is 3.17. The van der Waals surface area contributed by atoms with Crippen LogP contribution < -0.4 is 10.1 Å². The summed E-state index contributed by atoms with van der Waals surface area (Å²) in [5.41, 5.74) is 0.910. The smallest absolute Gasteiger partial charge is 0.339 e. The van der Waals surface area contributed by atoms with E-state index in [-0.39, 0.29) is 5.56 Å². The molecule has 1 rings (SSSR count). The zero-order valence-corrected chi connectivity index (χ0v) is 7.50. The molecular weight excluding hydrogens is 170 g/mol. The Bertz CT molecular complexity index is 323. The lowest BCUT2D eigenvalue weighted by Gasteiger charge is -2.06. The van der Waals surface area contributed by atoms with Gasteiger partial charge in [-0.15, -0.1) is 0 Å². The number of nitrogens with one attached hydrogen (secondary N) is 1. The van der Waals surface area contributed by atoms with Crippen LogP contribution >= 0.6 is 0 Å². The number of carboxylic acid groups (broad SMARTS) is 1. The molecule has 0 aromatic heterocycles. The Hall–Kier alpha value is -1.71. The van der Waals surface area contributed by atoms with E-state index in [1.54, 1.807) is 19.2 Å². The van der Waals surface area contributed by atoms with E-state index in [2.05, 4.69) is 5.32 Å². The van der Waals surface area contributed by atoms with Crippen molar-refractivity contribution < 1.29 is 14.6 Å². The quantitative estimate of drug-likeness (QED) is 0.740. The molecule has 2 N–H and O–H groups in total. The first-order valence-corrected chi connectivity index (χ1v) is 3.78. The van der Waals surface area contributed by atoms with E-state index in [1.165, 1.54) is 13.2 Å². The Balaban J connectivity index is 3.18. The standard InChI is InChI=1S/C9H11NO3/c1-10-6-3-4-8(13-2)7(5-6)9(11)12/h3-5,10H,1-2H3,(H,11,12). The number of hydrogen-bond acceptors (Lipinski definition) is 3. The van der Waals surface area contributed by atoms with Crippen LogP contribution in [0.15, 0.2) is 18.2 Å². The largest absolute Gasteiger partial charge is 0.496 e. The Morgan fingerprint density at radius 1 is 1.54 bits per heavy atom. The van der Waals surface area contributed by atoms with E-state index in [9.17, 15) is 4.79 Å². The van der Waals surface area contributed by atoms with E-state index >= 15 is 0 Å². The molecule has 0 aliphatic rings. The average Bonchev–Trinajstić information content (AvgIpc) is 2.16. The summed E-state index contributed by atoms with van der Waals surface area (Å²) in [6.07, 6.45) is 0. The number of rotatable bonds is 3. The van der Waals surface area contributed by atoms with Gasteiger partial charge in [0.25, 0.3) is 0 Å². The summed E-state index contributed by atoms with van der Waals surface area (Å²) >= 11 is 0. The van der Waals surface area contributed by atoms with Crippen LogP contribution in [0.2, 0.25) is 0 Å². The number of methoxy groups -OCH3 is 1. The molecular formula is C9H11NO3. The fraction of sp³-hybridized carbons (Fsp3) is 0.222. The number of ether oxygens (including phenoxy) is 1. The SMILES string of the molecule is CNc1ccc(OC)c(C(=O)O)c1. The number of carboxylic acids is 1. The van der Waals surface area contributed by atoms with Crippen molar-refractivity contribution >= 4 is 11.7 Å². The number of anilines is 1. The first-order valence-electron chi connectivity index (χ1n) is 3.78. The van der Waals surface area contributed by atoms with Gasteiger partial charge in [-0.25, -0.2) is 4.79 Å². The van der Waals surface area contributed by atoms with E-state index in [0.717, 1.165) is 5.69 Å². The third-order valence-electron chi connectivity index (χ3n) is 1.72. The highest BCUT2D eigenvalue weighted by Gasteiger charge is 2.10. The molecule has 0 saturated heterocycles. The zero-order valence-electron chi connectivity index (χ0n) is 7.50. The maximum absolute atomic E-state index is 10.7. The van der Waals surface area contributed by atoms with Crippen molar-refractivity contribution in [3.8, 4) is 5.75 Å². The molecule has 1 aromatic carbocycles. The molecule has 0 saturated carbocycles. The van der Waals surface area contributed by atoms with Gasteiger partial charge in [-0.05, 0) is 18.2 Å². The van der Waals surface area contributed by atoms with Crippen LogP contribution in [0.1, 0.15) is 10.4 Å². The predicted molar refractivity (Wildman–Crippen MR) is 49.5 cm³/mol. The van der Waals surface area contributed by atoms with Crippen molar-refractivity contribution in [2.75, 3.05) is 19.5 Å². The number of carbonyl (C=O) groups is 1. The topological polar surface area (TPSA) is 58.6 Å². The van der Waals surface area contributed by atoms with Gasteiger partial charge < -0.3 is 15.2 Å². The van der Waals surface area contributed by atoms with Crippen LogP contribution in [0.5, 0.6) is 5.75 Å². The molecule has 0 bridgehead atoms. The van der Waals surface area contributed by atoms with Gasteiger partial charge in [-0.1, -0.05) is 0 Å². The monoisotopic (exact) mass is 181 g/mol. The van der Waals surface area contributed by atoms with E-state index in [0.29, 0.717) is 5.75 Å². The second-order valence-corrected chi connectivity index (χ2v) is 2.47. The van der Waals surface area contributed by atoms with Crippen LogP contribution in [-0.2, 0) is 0 Å². The van der Waals surface area contributed by atoms with E-state index in [4.69, 9.17) is 9.84 Å². The van der Waals surface area contributed by atoms with Crippen molar-refractivity contribution in [3.63, 3.8) is 0 Å². The number of aromatic carboxylic acids is 1. The van der Waals surface area contributed by atoms with Crippen LogP contribution in [0.3, 0.4) is 0 Å².